The molecular weight excluding hydrogens is 351 g/mol. The van der Waals surface area contributed by atoms with Crippen LogP contribution in [0.4, 0.5) is 4.39 Å². The van der Waals surface area contributed by atoms with Crippen LogP contribution in [0, 0.1) is 12.7 Å². The van der Waals surface area contributed by atoms with E-state index in [2.05, 4.69) is 35.4 Å². The molecule has 0 radical (unpaired) electrons. The van der Waals surface area contributed by atoms with Crippen LogP contribution in [0.1, 0.15) is 43.5 Å². The molecular formula is C24H25FN2O. The molecule has 0 aliphatic heterocycles. The molecule has 1 aromatic heterocycles. The van der Waals surface area contributed by atoms with Gasteiger partial charge in [-0.25, -0.2) is 9.37 Å². The lowest BCUT2D eigenvalue weighted by atomic mass is 9.83. The predicted octanol–water partition coefficient (Wildman–Crippen LogP) is 4.85. The van der Waals surface area contributed by atoms with Crippen molar-refractivity contribution in [3.05, 3.63) is 77.2 Å². The van der Waals surface area contributed by atoms with Gasteiger partial charge < -0.3 is 5.32 Å². The molecule has 1 fully saturated rings. The molecule has 0 bridgehead atoms. The van der Waals surface area contributed by atoms with Crippen molar-refractivity contribution in [3.8, 4) is 0 Å². The standard InChI is InChI=1S/C24H25FN2O/c1-4-21(28)27-23(3)15-24(23,14-17-9-6-5-7-10-17)19-13-18-11-8-12-20(25)22(18)26-16(19)2/h5-13H,4,14-15H2,1-3H3,(H,27,28). The molecule has 3 aromatic rings. The van der Waals surface area contributed by atoms with Crippen LogP contribution in [0.5, 0.6) is 0 Å². The van der Waals surface area contributed by atoms with E-state index in [0.29, 0.717) is 11.9 Å². The number of hydrogen-bond donors (Lipinski definition) is 1. The van der Waals surface area contributed by atoms with Gasteiger partial charge in [0, 0.05) is 28.5 Å². The molecule has 1 heterocycles. The minimum absolute atomic E-state index is 0.0508. The predicted molar refractivity (Wildman–Crippen MR) is 110 cm³/mol. The largest absolute Gasteiger partial charge is 0.350 e. The Bertz CT molecular complexity index is 1050. The molecule has 144 valence electrons. The quantitative estimate of drug-likeness (QED) is 0.691. The van der Waals surface area contributed by atoms with Gasteiger partial charge in [0.1, 0.15) is 11.3 Å². The Morgan fingerprint density at radius 2 is 1.93 bits per heavy atom. The van der Waals surface area contributed by atoms with Crippen LogP contribution >= 0.6 is 0 Å². The number of carbonyl (C=O) groups is 1. The van der Waals surface area contributed by atoms with Crippen molar-refractivity contribution in [2.45, 2.75) is 51.0 Å². The smallest absolute Gasteiger partial charge is 0.220 e. The molecule has 2 unspecified atom stereocenters. The Morgan fingerprint density at radius 1 is 1.18 bits per heavy atom. The first-order chi connectivity index (χ1) is 13.4. The molecule has 3 nitrogen and oxygen atoms in total. The summed E-state index contributed by atoms with van der Waals surface area (Å²) in [5, 5.41) is 4.03. The molecule has 1 saturated carbocycles. The number of carbonyl (C=O) groups excluding carboxylic acids is 1. The fourth-order valence-corrected chi connectivity index (χ4v) is 4.55. The van der Waals surface area contributed by atoms with Crippen molar-refractivity contribution in [2.75, 3.05) is 0 Å². The molecule has 2 aromatic carbocycles. The summed E-state index contributed by atoms with van der Waals surface area (Å²) in [6.45, 7) is 5.92. The number of pyridine rings is 1. The summed E-state index contributed by atoms with van der Waals surface area (Å²) in [4.78, 5) is 16.8. The van der Waals surface area contributed by atoms with Crippen LogP contribution < -0.4 is 5.32 Å². The maximum absolute atomic E-state index is 14.2. The number of hydrogen-bond acceptors (Lipinski definition) is 2. The van der Waals surface area contributed by atoms with Crippen LogP contribution in [0.25, 0.3) is 10.9 Å². The molecule has 4 heteroatoms. The zero-order chi connectivity index (χ0) is 19.9. The maximum Gasteiger partial charge on any atom is 0.220 e. The Hall–Kier alpha value is -2.75. The Labute approximate surface area is 165 Å². The zero-order valence-corrected chi connectivity index (χ0v) is 16.6. The van der Waals surface area contributed by atoms with Gasteiger partial charge in [0.15, 0.2) is 0 Å². The first-order valence-electron chi connectivity index (χ1n) is 9.80. The number of benzene rings is 2. The summed E-state index contributed by atoms with van der Waals surface area (Å²) >= 11 is 0. The van der Waals surface area contributed by atoms with Crippen molar-refractivity contribution < 1.29 is 9.18 Å². The third-order valence-electron chi connectivity index (χ3n) is 6.17. The number of rotatable bonds is 5. The van der Waals surface area contributed by atoms with Gasteiger partial charge in [0.2, 0.25) is 5.91 Å². The Morgan fingerprint density at radius 3 is 2.64 bits per heavy atom. The summed E-state index contributed by atoms with van der Waals surface area (Å²) in [5.74, 6) is -0.253. The highest BCUT2D eigenvalue weighted by Crippen LogP contribution is 2.60. The van der Waals surface area contributed by atoms with Crippen LogP contribution in [-0.4, -0.2) is 16.4 Å². The molecule has 1 N–H and O–H groups in total. The topological polar surface area (TPSA) is 42.0 Å². The molecule has 1 aliphatic rings. The lowest BCUT2D eigenvalue weighted by Gasteiger charge is -2.26. The van der Waals surface area contributed by atoms with Crippen LogP contribution in [0.15, 0.2) is 54.6 Å². The van der Waals surface area contributed by atoms with Crippen molar-refractivity contribution >= 4 is 16.8 Å². The molecule has 4 rings (SSSR count). The van der Waals surface area contributed by atoms with Gasteiger partial charge in [-0.1, -0.05) is 49.4 Å². The summed E-state index contributed by atoms with van der Waals surface area (Å²) in [6.07, 6.45) is 2.10. The van der Waals surface area contributed by atoms with Gasteiger partial charge in [-0.05, 0) is 49.9 Å². The van der Waals surface area contributed by atoms with E-state index in [1.807, 2.05) is 38.1 Å². The van der Waals surface area contributed by atoms with Crippen LogP contribution in [0.3, 0.4) is 0 Å². The van der Waals surface area contributed by atoms with Crippen molar-refractivity contribution in [1.29, 1.82) is 0 Å². The lowest BCUT2D eigenvalue weighted by molar-refractivity contribution is -0.121. The fourth-order valence-electron chi connectivity index (χ4n) is 4.55. The Kier molecular flexibility index (Phi) is 4.45. The van der Waals surface area contributed by atoms with Gasteiger partial charge in [-0.15, -0.1) is 0 Å². The molecule has 1 amide bonds. The summed E-state index contributed by atoms with van der Waals surface area (Å²) in [5.41, 5.74) is 2.94. The van der Waals surface area contributed by atoms with E-state index in [-0.39, 0.29) is 22.7 Å². The lowest BCUT2D eigenvalue weighted by Crippen LogP contribution is -2.41. The number of aromatic nitrogens is 1. The number of halogens is 1. The third kappa shape index (κ3) is 2.97. The molecule has 28 heavy (non-hydrogen) atoms. The summed E-state index contributed by atoms with van der Waals surface area (Å²) in [7, 11) is 0. The minimum atomic E-state index is -0.344. The number of fused-ring (bicyclic) bond motifs is 1. The second-order valence-corrected chi connectivity index (χ2v) is 8.09. The average Bonchev–Trinajstić information content (AvgIpc) is 3.26. The van der Waals surface area contributed by atoms with Crippen LogP contribution in [-0.2, 0) is 16.6 Å². The van der Waals surface area contributed by atoms with Gasteiger partial charge in [-0.2, -0.15) is 0 Å². The maximum atomic E-state index is 14.2. The minimum Gasteiger partial charge on any atom is -0.350 e. The summed E-state index contributed by atoms with van der Waals surface area (Å²) in [6, 6.07) is 17.4. The monoisotopic (exact) mass is 376 g/mol. The van der Waals surface area contributed by atoms with E-state index in [9.17, 15) is 9.18 Å². The van der Waals surface area contributed by atoms with E-state index in [4.69, 9.17) is 0 Å². The molecule has 0 saturated heterocycles. The Balaban J connectivity index is 1.84. The van der Waals surface area contributed by atoms with Gasteiger partial charge in [0.05, 0.1) is 0 Å². The molecule has 1 aliphatic carbocycles. The normalized spacial score (nSPS) is 23.6. The van der Waals surface area contributed by atoms with Crippen molar-refractivity contribution in [2.24, 2.45) is 0 Å². The van der Waals surface area contributed by atoms with E-state index in [0.717, 1.165) is 29.5 Å². The number of aryl methyl sites for hydroxylation is 1. The number of para-hydroxylation sites is 1. The SMILES string of the molecule is CCC(=O)NC1(C)CC1(Cc1ccccc1)c1cc2cccc(F)c2nc1C. The zero-order valence-electron chi connectivity index (χ0n) is 16.6. The highest BCUT2D eigenvalue weighted by Gasteiger charge is 2.66. The third-order valence-corrected chi connectivity index (χ3v) is 6.17. The number of amides is 1. The highest BCUT2D eigenvalue weighted by molar-refractivity contribution is 5.82. The second kappa shape index (κ2) is 6.69. The van der Waals surface area contributed by atoms with Gasteiger partial charge in [-0.3, -0.25) is 4.79 Å². The fraction of sp³-hybridized carbons (Fsp3) is 0.333. The van der Waals surface area contributed by atoms with E-state index in [1.54, 1.807) is 6.07 Å². The van der Waals surface area contributed by atoms with E-state index < -0.39 is 0 Å². The first-order valence-corrected chi connectivity index (χ1v) is 9.80. The first kappa shape index (κ1) is 18.6. The molecule has 0 spiro atoms. The van der Waals surface area contributed by atoms with Crippen molar-refractivity contribution in [3.63, 3.8) is 0 Å². The molecule has 2 atom stereocenters. The van der Waals surface area contributed by atoms with E-state index >= 15 is 0 Å². The summed E-state index contributed by atoms with van der Waals surface area (Å²) < 4.78 is 14.2. The number of nitrogens with one attached hydrogen (secondary N) is 1. The average molecular weight is 376 g/mol. The van der Waals surface area contributed by atoms with Gasteiger partial charge in [0.25, 0.3) is 0 Å². The van der Waals surface area contributed by atoms with Gasteiger partial charge >= 0.3 is 0 Å². The highest BCUT2D eigenvalue weighted by atomic mass is 19.1. The second-order valence-electron chi connectivity index (χ2n) is 8.09. The number of nitrogens with zero attached hydrogens (tertiary/aromatic N) is 1. The van der Waals surface area contributed by atoms with E-state index in [1.165, 1.54) is 11.6 Å². The van der Waals surface area contributed by atoms with Crippen molar-refractivity contribution in [1.82, 2.24) is 10.3 Å². The van der Waals surface area contributed by atoms with Crippen LogP contribution in [0.2, 0.25) is 0 Å².